The smallest absolute Gasteiger partial charge is 0.252 e. The highest BCUT2D eigenvalue weighted by atomic mass is 32.2. The number of rotatable bonds is 7. The molecule has 1 aliphatic rings. The van der Waals surface area contributed by atoms with Crippen LogP contribution in [0.4, 0.5) is 0 Å². The summed E-state index contributed by atoms with van der Waals surface area (Å²) >= 11 is 1.68. The lowest BCUT2D eigenvalue weighted by Gasteiger charge is -2.43. The lowest BCUT2D eigenvalue weighted by atomic mass is 9.67. The maximum Gasteiger partial charge on any atom is 0.252 e. The SMILES string of the molecule is CSCC[C@H](NC(=O)C1(O)CC(c2ccccc2)C1)c1nn[nH]n1. The Kier molecular flexibility index (Phi) is 5.15. The van der Waals surface area contributed by atoms with Crippen LogP contribution in [0.1, 0.15) is 42.6 Å². The fraction of sp³-hybridized carbons (Fsp3) is 0.500. The first kappa shape index (κ1) is 16.9. The first-order chi connectivity index (χ1) is 11.6. The van der Waals surface area contributed by atoms with Gasteiger partial charge in [-0.2, -0.15) is 17.0 Å². The van der Waals surface area contributed by atoms with Gasteiger partial charge in [-0.05, 0) is 42.8 Å². The molecule has 0 saturated heterocycles. The standard InChI is InChI=1S/C16H21N5O2S/c1-24-8-7-13(14-18-20-21-19-14)17-15(22)16(23)9-12(10-16)11-5-3-2-4-6-11/h2-6,12-13,23H,7-10H2,1H3,(H,17,22)(H,18,19,20,21)/t12?,13-,16?/m0/s1. The molecule has 2 aromatic rings. The minimum absolute atomic E-state index is 0.219. The van der Waals surface area contributed by atoms with Gasteiger partial charge in [-0.25, -0.2) is 0 Å². The summed E-state index contributed by atoms with van der Waals surface area (Å²) in [5, 5.41) is 27.4. The molecule has 0 spiro atoms. The maximum absolute atomic E-state index is 12.5. The number of amides is 1. The number of aliphatic hydroxyl groups is 1. The lowest BCUT2D eigenvalue weighted by molar-refractivity contribution is -0.151. The highest BCUT2D eigenvalue weighted by molar-refractivity contribution is 7.98. The zero-order valence-corrected chi connectivity index (χ0v) is 14.3. The normalized spacial score (nSPS) is 24.2. The van der Waals surface area contributed by atoms with Gasteiger partial charge < -0.3 is 10.4 Å². The summed E-state index contributed by atoms with van der Waals surface area (Å²) in [5.41, 5.74) is -0.158. The van der Waals surface area contributed by atoms with E-state index in [0.29, 0.717) is 25.1 Å². The fourth-order valence-electron chi connectivity index (χ4n) is 3.01. The summed E-state index contributed by atoms with van der Waals surface area (Å²) < 4.78 is 0. The van der Waals surface area contributed by atoms with Crippen LogP contribution in [0.25, 0.3) is 0 Å². The highest BCUT2D eigenvalue weighted by Crippen LogP contribution is 2.45. The third-order valence-electron chi connectivity index (χ3n) is 4.45. The van der Waals surface area contributed by atoms with Gasteiger partial charge in [0, 0.05) is 0 Å². The molecule has 0 unspecified atom stereocenters. The first-order valence-electron chi connectivity index (χ1n) is 7.93. The first-order valence-corrected chi connectivity index (χ1v) is 9.32. The van der Waals surface area contributed by atoms with Gasteiger partial charge in [-0.15, -0.1) is 10.2 Å². The average molecular weight is 347 g/mol. The second kappa shape index (κ2) is 7.31. The van der Waals surface area contributed by atoms with E-state index in [1.807, 2.05) is 36.6 Å². The number of benzene rings is 1. The maximum atomic E-state index is 12.5. The van der Waals surface area contributed by atoms with E-state index in [0.717, 1.165) is 11.3 Å². The third-order valence-corrected chi connectivity index (χ3v) is 5.10. The lowest BCUT2D eigenvalue weighted by Crippen LogP contribution is -2.55. The molecule has 0 bridgehead atoms. The number of hydrogen-bond acceptors (Lipinski definition) is 6. The topological polar surface area (TPSA) is 104 Å². The van der Waals surface area contributed by atoms with Crippen LogP contribution in [0.2, 0.25) is 0 Å². The Morgan fingerprint density at radius 2 is 2.21 bits per heavy atom. The predicted molar refractivity (Wildman–Crippen MR) is 91.4 cm³/mol. The van der Waals surface area contributed by atoms with Crippen LogP contribution in [0.5, 0.6) is 0 Å². The molecule has 24 heavy (non-hydrogen) atoms. The quantitative estimate of drug-likeness (QED) is 0.700. The Bertz CT molecular complexity index is 658. The number of hydrogen-bond donors (Lipinski definition) is 3. The van der Waals surface area contributed by atoms with Gasteiger partial charge in [0.15, 0.2) is 5.82 Å². The molecule has 1 amide bonds. The van der Waals surface area contributed by atoms with Crippen LogP contribution in [0.15, 0.2) is 30.3 Å². The van der Waals surface area contributed by atoms with Gasteiger partial charge in [0.05, 0.1) is 6.04 Å². The molecule has 3 N–H and O–H groups in total. The Balaban J connectivity index is 1.61. The summed E-state index contributed by atoms with van der Waals surface area (Å²) in [5.74, 6) is 1.16. The molecule has 3 rings (SSSR count). The van der Waals surface area contributed by atoms with Crippen molar-refractivity contribution in [1.29, 1.82) is 0 Å². The molecule has 7 nitrogen and oxygen atoms in total. The minimum Gasteiger partial charge on any atom is -0.380 e. The zero-order valence-electron chi connectivity index (χ0n) is 13.5. The third kappa shape index (κ3) is 3.59. The summed E-state index contributed by atoms with van der Waals surface area (Å²) in [4.78, 5) is 12.5. The van der Waals surface area contributed by atoms with E-state index >= 15 is 0 Å². The number of tetrazole rings is 1. The van der Waals surface area contributed by atoms with Crippen LogP contribution in [0, 0.1) is 0 Å². The van der Waals surface area contributed by atoms with E-state index in [4.69, 9.17) is 0 Å². The van der Waals surface area contributed by atoms with Crippen LogP contribution in [-0.2, 0) is 4.79 Å². The fourth-order valence-corrected chi connectivity index (χ4v) is 3.48. The molecule has 8 heteroatoms. The van der Waals surface area contributed by atoms with Crippen LogP contribution in [-0.4, -0.2) is 49.2 Å². The van der Waals surface area contributed by atoms with Crippen molar-refractivity contribution in [2.24, 2.45) is 0 Å². The van der Waals surface area contributed by atoms with Gasteiger partial charge in [0.1, 0.15) is 5.60 Å². The molecule has 1 saturated carbocycles. The number of H-pyrrole nitrogens is 1. The molecule has 0 radical (unpaired) electrons. The number of nitrogens with one attached hydrogen (secondary N) is 2. The summed E-state index contributed by atoms with van der Waals surface area (Å²) in [6.07, 6.45) is 3.55. The summed E-state index contributed by atoms with van der Waals surface area (Å²) in [6.45, 7) is 0. The molecule has 1 aliphatic carbocycles. The number of carbonyl (C=O) groups excluding carboxylic acids is 1. The van der Waals surface area contributed by atoms with Gasteiger partial charge in [-0.3, -0.25) is 4.79 Å². The van der Waals surface area contributed by atoms with Crippen molar-refractivity contribution in [2.45, 2.75) is 36.8 Å². The molecule has 1 fully saturated rings. The monoisotopic (exact) mass is 347 g/mol. The molecular formula is C16H21N5O2S. The largest absolute Gasteiger partial charge is 0.380 e. The molecule has 128 valence electrons. The second-order valence-corrected chi connectivity index (χ2v) is 7.11. The minimum atomic E-state index is -1.32. The molecule has 1 aromatic carbocycles. The van der Waals surface area contributed by atoms with E-state index in [1.165, 1.54) is 0 Å². The van der Waals surface area contributed by atoms with E-state index < -0.39 is 5.60 Å². The second-order valence-electron chi connectivity index (χ2n) is 6.12. The average Bonchev–Trinajstić information content (AvgIpc) is 3.10. The van der Waals surface area contributed by atoms with Crippen molar-refractivity contribution < 1.29 is 9.90 Å². The van der Waals surface area contributed by atoms with Gasteiger partial charge in [0.2, 0.25) is 0 Å². The van der Waals surface area contributed by atoms with Crippen LogP contribution in [0.3, 0.4) is 0 Å². The Hall–Kier alpha value is -1.93. The van der Waals surface area contributed by atoms with Crippen molar-refractivity contribution in [3.8, 4) is 0 Å². The number of aromatic nitrogens is 4. The number of thioether (sulfide) groups is 1. The Morgan fingerprint density at radius 1 is 1.46 bits per heavy atom. The molecular weight excluding hydrogens is 326 g/mol. The van der Waals surface area contributed by atoms with Crippen molar-refractivity contribution >= 4 is 17.7 Å². The van der Waals surface area contributed by atoms with Crippen molar-refractivity contribution in [3.05, 3.63) is 41.7 Å². The van der Waals surface area contributed by atoms with Crippen molar-refractivity contribution in [3.63, 3.8) is 0 Å². The van der Waals surface area contributed by atoms with E-state index in [1.54, 1.807) is 11.8 Å². The number of carbonyl (C=O) groups is 1. The molecule has 1 atom stereocenters. The van der Waals surface area contributed by atoms with Crippen molar-refractivity contribution in [2.75, 3.05) is 12.0 Å². The van der Waals surface area contributed by atoms with E-state index in [-0.39, 0.29) is 17.9 Å². The Labute approximate surface area is 144 Å². The summed E-state index contributed by atoms with van der Waals surface area (Å²) in [7, 11) is 0. The van der Waals surface area contributed by atoms with Crippen molar-refractivity contribution in [1.82, 2.24) is 25.9 Å². The molecule has 1 heterocycles. The van der Waals surface area contributed by atoms with E-state index in [9.17, 15) is 9.90 Å². The van der Waals surface area contributed by atoms with Gasteiger partial charge >= 0.3 is 0 Å². The number of aromatic amines is 1. The molecule has 0 aliphatic heterocycles. The Morgan fingerprint density at radius 3 is 2.83 bits per heavy atom. The van der Waals surface area contributed by atoms with Crippen LogP contribution >= 0.6 is 11.8 Å². The van der Waals surface area contributed by atoms with E-state index in [2.05, 4.69) is 25.9 Å². The van der Waals surface area contributed by atoms with Gasteiger partial charge in [0.25, 0.3) is 5.91 Å². The zero-order chi connectivity index (χ0) is 17.0. The molecule has 1 aromatic heterocycles. The highest BCUT2D eigenvalue weighted by Gasteiger charge is 2.49. The van der Waals surface area contributed by atoms with Crippen LogP contribution < -0.4 is 5.32 Å². The predicted octanol–water partition coefficient (Wildman–Crippen LogP) is 1.42. The van der Waals surface area contributed by atoms with Gasteiger partial charge in [-0.1, -0.05) is 35.5 Å². The number of nitrogens with zero attached hydrogens (tertiary/aromatic N) is 3. The summed E-state index contributed by atoms with van der Waals surface area (Å²) in [6, 6.07) is 9.63.